The van der Waals surface area contributed by atoms with Crippen molar-refractivity contribution in [1.29, 1.82) is 0 Å². The summed E-state index contributed by atoms with van der Waals surface area (Å²) in [6.45, 7) is 4.69. The fraction of sp³-hybridized carbons (Fsp3) is 0.316. The molecular weight excluding hydrogens is 350 g/mol. The molecule has 0 radical (unpaired) electrons. The van der Waals surface area contributed by atoms with Gasteiger partial charge in [0.05, 0.1) is 11.5 Å². The van der Waals surface area contributed by atoms with Crippen LogP contribution >= 0.6 is 11.3 Å². The van der Waals surface area contributed by atoms with Gasteiger partial charge < -0.3 is 10.2 Å². The second-order valence-corrected chi connectivity index (χ2v) is 8.55. The van der Waals surface area contributed by atoms with Crippen LogP contribution in [0.4, 0.5) is 15.7 Å². The molecule has 1 aromatic carbocycles. The number of allylic oxidation sites excluding steroid dienone is 2. The molecule has 26 heavy (non-hydrogen) atoms. The Labute approximate surface area is 155 Å². The summed E-state index contributed by atoms with van der Waals surface area (Å²) in [5.41, 5.74) is 3.46. The highest BCUT2D eigenvalue weighted by Crippen LogP contribution is 2.44. The minimum Gasteiger partial charge on any atom is -0.357 e. The third kappa shape index (κ3) is 2.88. The van der Waals surface area contributed by atoms with Crippen LogP contribution in [-0.2, 0) is 11.3 Å². The van der Waals surface area contributed by atoms with Gasteiger partial charge in [-0.1, -0.05) is 32.0 Å². The van der Waals surface area contributed by atoms with Gasteiger partial charge in [0.25, 0.3) is 0 Å². The lowest BCUT2D eigenvalue weighted by Crippen LogP contribution is -2.35. The molecule has 0 spiro atoms. The predicted molar refractivity (Wildman–Crippen MR) is 102 cm³/mol. The number of para-hydroxylation sites is 1. The lowest BCUT2D eigenvalue weighted by molar-refractivity contribution is -0.380. The second kappa shape index (κ2) is 5.95. The molecule has 1 aliphatic carbocycles. The molecule has 0 unspecified atom stereocenters. The van der Waals surface area contributed by atoms with Gasteiger partial charge in [-0.25, -0.2) is 0 Å². The third-order valence-electron chi connectivity index (χ3n) is 4.77. The van der Waals surface area contributed by atoms with Crippen LogP contribution in [0.15, 0.2) is 47.8 Å². The summed E-state index contributed by atoms with van der Waals surface area (Å²) in [6.07, 6.45) is 1.22. The Balaban J connectivity index is 1.86. The van der Waals surface area contributed by atoms with Crippen LogP contribution < -0.4 is 10.2 Å². The number of carbonyl (C=O) groups excluding carboxylic acids is 1. The quantitative estimate of drug-likeness (QED) is 0.614. The van der Waals surface area contributed by atoms with E-state index in [1.165, 1.54) is 6.07 Å². The van der Waals surface area contributed by atoms with Crippen molar-refractivity contribution in [3.8, 4) is 0 Å². The van der Waals surface area contributed by atoms with Gasteiger partial charge in [0.2, 0.25) is 0 Å². The monoisotopic (exact) mass is 369 g/mol. The minimum absolute atomic E-state index is 0.0765. The van der Waals surface area contributed by atoms with Gasteiger partial charge in [-0.15, -0.1) is 0 Å². The van der Waals surface area contributed by atoms with Crippen molar-refractivity contribution in [3.05, 3.63) is 63.5 Å². The van der Waals surface area contributed by atoms with Gasteiger partial charge in [-0.05, 0) is 40.9 Å². The summed E-state index contributed by atoms with van der Waals surface area (Å²) in [5.74, 6) is 0.0765. The molecule has 134 valence electrons. The maximum absolute atomic E-state index is 13.0. The van der Waals surface area contributed by atoms with E-state index in [1.807, 2.05) is 29.2 Å². The number of benzene rings is 1. The molecule has 7 heteroatoms. The fourth-order valence-corrected chi connectivity index (χ4v) is 4.50. The zero-order valence-corrected chi connectivity index (χ0v) is 15.4. The van der Waals surface area contributed by atoms with Crippen molar-refractivity contribution in [2.45, 2.75) is 33.2 Å². The fourth-order valence-electron chi connectivity index (χ4n) is 3.67. The highest BCUT2D eigenvalue weighted by atomic mass is 32.1. The van der Waals surface area contributed by atoms with E-state index in [0.29, 0.717) is 18.7 Å². The Morgan fingerprint density at radius 3 is 2.69 bits per heavy atom. The molecule has 0 saturated carbocycles. The minimum atomic E-state index is -0.390. The molecule has 0 atom stereocenters. The first-order valence-electron chi connectivity index (χ1n) is 8.47. The van der Waals surface area contributed by atoms with Crippen LogP contribution in [0.5, 0.6) is 0 Å². The number of nitro groups is 1. The largest absolute Gasteiger partial charge is 0.357 e. The molecule has 6 nitrogen and oxygen atoms in total. The van der Waals surface area contributed by atoms with Crippen LogP contribution in [0.25, 0.3) is 0 Å². The first-order valence-corrected chi connectivity index (χ1v) is 9.29. The number of anilines is 2. The normalized spacial score (nSPS) is 18.7. The van der Waals surface area contributed by atoms with Crippen LogP contribution in [0.3, 0.4) is 0 Å². The summed E-state index contributed by atoms with van der Waals surface area (Å²) in [5, 5.41) is 15.4. The average Bonchev–Trinajstić information content (AvgIpc) is 2.98. The summed E-state index contributed by atoms with van der Waals surface area (Å²) in [4.78, 5) is 25.6. The van der Waals surface area contributed by atoms with Crippen molar-refractivity contribution in [2.75, 3.05) is 10.2 Å². The van der Waals surface area contributed by atoms with E-state index in [9.17, 15) is 14.9 Å². The number of nitrogens with one attached hydrogen (secondary N) is 1. The highest BCUT2D eigenvalue weighted by Gasteiger charge is 2.38. The van der Waals surface area contributed by atoms with Gasteiger partial charge in [0.1, 0.15) is 10.7 Å². The topological polar surface area (TPSA) is 75.5 Å². The molecule has 1 aliphatic heterocycles. The summed E-state index contributed by atoms with van der Waals surface area (Å²) >= 11 is 1.10. The highest BCUT2D eigenvalue weighted by molar-refractivity contribution is 7.19. The maximum Gasteiger partial charge on any atom is 0.326 e. The zero-order valence-electron chi connectivity index (χ0n) is 14.6. The molecule has 0 fully saturated rings. The van der Waals surface area contributed by atoms with E-state index in [-0.39, 0.29) is 21.1 Å². The number of thiophene rings is 1. The molecule has 0 amide bonds. The Morgan fingerprint density at radius 1 is 1.19 bits per heavy atom. The van der Waals surface area contributed by atoms with E-state index < -0.39 is 0 Å². The molecule has 0 bridgehead atoms. The molecule has 2 aromatic rings. The number of nitrogens with zero attached hydrogens (tertiary/aromatic N) is 2. The van der Waals surface area contributed by atoms with Gasteiger partial charge >= 0.3 is 5.00 Å². The molecule has 4 rings (SSSR count). The van der Waals surface area contributed by atoms with Crippen molar-refractivity contribution in [3.63, 3.8) is 0 Å². The van der Waals surface area contributed by atoms with Crippen molar-refractivity contribution in [1.82, 2.24) is 0 Å². The summed E-state index contributed by atoms with van der Waals surface area (Å²) < 4.78 is 0. The Morgan fingerprint density at radius 2 is 1.96 bits per heavy atom. The average molecular weight is 369 g/mol. The van der Waals surface area contributed by atoms with Gasteiger partial charge in [-0.2, -0.15) is 0 Å². The lowest BCUT2D eigenvalue weighted by Gasteiger charge is -2.35. The number of ketones is 1. The molecule has 1 aromatic heterocycles. The van der Waals surface area contributed by atoms with E-state index >= 15 is 0 Å². The van der Waals surface area contributed by atoms with E-state index in [1.54, 1.807) is 6.07 Å². The predicted octanol–water partition coefficient (Wildman–Crippen LogP) is 4.69. The number of hydrogen-bond donors (Lipinski definition) is 1. The second-order valence-electron chi connectivity index (χ2n) is 7.51. The zero-order chi connectivity index (χ0) is 18.5. The van der Waals surface area contributed by atoms with Crippen molar-refractivity contribution in [2.24, 2.45) is 5.41 Å². The Bertz CT molecular complexity index is 945. The Hall–Kier alpha value is -2.67. The van der Waals surface area contributed by atoms with Crippen LogP contribution in [0, 0.1) is 15.5 Å². The smallest absolute Gasteiger partial charge is 0.326 e. The number of rotatable bonds is 2. The van der Waals surface area contributed by atoms with Gasteiger partial charge in [-0.3, -0.25) is 14.9 Å². The Kier molecular flexibility index (Phi) is 3.84. The number of fused-ring (bicyclic) bond motifs is 1. The first-order chi connectivity index (χ1) is 12.3. The third-order valence-corrected chi connectivity index (χ3v) is 5.83. The first kappa shape index (κ1) is 16.8. The van der Waals surface area contributed by atoms with E-state index in [4.69, 9.17) is 0 Å². The van der Waals surface area contributed by atoms with E-state index in [0.717, 1.165) is 39.7 Å². The van der Waals surface area contributed by atoms with Crippen LogP contribution in [0.1, 0.15) is 32.3 Å². The molecule has 1 N–H and O–H groups in total. The lowest BCUT2D eigenvalue weighted by atomic mass is 9.77. The summed E-state index contributed by atoms with van der Waals surface area (Å²) in [6, 6.07) is 11.2. The number of Topliss-reactive ketones (excluding diaryl/α,β-unsaturated/α-hetero) is 1. The molecule has 2 heterocycles. The van der Waals surface area contributed by atoms with Crippen LogP contribution in [0.2, 0.25) is 0 Å². The van der Waals surface area contributed by atoms with E-state index in [2.05, 4.69) is 19.2 Å². The standard InChI is InChI=1S/C19H19N3O3S/c1-19(2)9-14-18(15(23)10-19)21(16-7-8-17(26-16)22(24)25)11-12-5-3-4-6-13(12)20-14/h3-8,20H,9-11H2,1-2H3. The molecular formula is C19H19N3O3S. The van der Waals surface area contributed by atoms with Crippen molar-refractivity contribution >= 4 is 32.8 Å². The SMILES string of the molecule is CC1(C)CC(=O)C2=C(C1)Nc1ccccc1CN2c1ccc([N+](=O)[O-])s1. The summed E-state index contributed by atoms with van der Waals surface area (Å²) in [7, 11) is 0. The van der Waals surface area contributed by atoms with Gasteiger partial charge in [0.15, 0.2) is 5.78 Å². The number of carbonyl (C=O) groups is 1. The van der Waals surface area contributed by atoms with Crippen LogP contribution in [-0.4, -0.2) is 10.7 Å². The molecule has 2 aliphatic rings. The van der Waals surface area contributed by atoms with Gasteiger partial charge in [0, 0.05) is 23.9 Å². The number of hydrogen-bond acceptors (Lipinski definition) is 6. The molecule has 0 saturated heterocycles. The maximum atomic E-state index is 13.0. The van der Waals surface area contributed by atoms with Crippen molar-refractivity contribution < 1.29 is 9.72 Å².